The highest BCUT2D eigenvalue weighted by atomic mass is 32.1. The molecule has 1 N–H and O–H groups in total. The van der Waals surface area contributed by atoms with Crippen LogP contribution in [-0.4, -0.2) is 31.5 Å². The van der Waals surface area contributed by atoms with Gasteiger partial charge in [0, 0.05) is 22.9 Å². The van der Waals surface area contributed by atoms with Gasteiger partial charge >= 0.3 is 0 Å². The average Bonchev–Trinajstić information content (AvgIpc) is 3.18. The molecular weight excluding hydrogens is 324 g/mol. The third-order valence-electron chi connectivity index (χ3n) is 4.09. The van der Waals surface area contributed by atoms with E-state index in [-0.39, 0.29) is 12.6 Å². The van der Waals surface area contributed by atoms with Crippen LogP contribution in [0, 0.1) is 0 Å². The summed E-state index contributed by atoms with van der Waals surface area (Å²) in [6.07, 6.45) is 2.56. The second-order valence-electron chi connectivity index (χ2n) is 6.03. The van der Waals surface area contributed by atoms with Crippen LogP contribution in [0.5, 0.6) is 5.75 Å². The predicted octanol–water partition coefficient (Wildman–Crippen LogP) is 3.08. The van der Waals surface area contributed by atoms with E-state index in [0.717, 1.165) is 39.8 Å². The van der Waals surface area contributed by atoms with E-state index in [1.54, 1.807) is 17.7 Å². The van der Waals surface area contributed by atoms with Gasteiger partial charge in [-0.05, 0) is 31.5 Å². The molecule has 1 aromatic carbocycles. The van der Waals surface area contributed by atoms with Crippen molar-refractivity contribution in [1.29, 1.82) is 0 Å². The lowest BCUT2D eigenvalue weighted by molar-refractivity contribution is 0.279. The number of ether oxygens (including phenoxy) is 1. The molecule has 0 saturated heterocycles. The summed E-state index contributed by atoms with van der Waals surface area (Å²) in [6.45, 7) is 4.81. The molecule has 2 aromatic heterocycles. The molecule has 0 unspecified atom stereocenters. The lowest BCUT2D eigenvalue weighted by Gasteiger charge is -2.09. The Morgan fingerprint density at radius 2 is 2.25 bits per heavy atom. The molecule has 3 heterocycles. The molecule has 0 bridgehead atoms. The largest absolute Gasteiger partial charge is 0.492 e. The van der Waals surface area contributed by atoms with E-state index >= 15 is 0 Å². The van der Waals surface area contributed by atoms with Crippen LogP contribution in [0.4, 0.5) is 0 Å². The molecule has 4 rings (SSSR count). The summed E-state index contributed by atoms with van der Waals surface area (Å²) in [5, 5.41) is 18.5. The van der Waals surface area contributed by atoms with Crippen molar-refractivity contribution in [2.75, 3.05) is 6.61 Å². The monoisotopic (exact) mass is 342 g/mol. The van der Waals surface area contributed by atoms with Gasteiger partial charge in [-0.15, -0.1) is 21.5 Å². The van der Waals surface area contributed by atoms with Crippen molar-refractivity contribution < 1.29 is 9.84 Å². The Labute approximate surface area is 143 Å². The van der Waals surface area contributed by atoms with Crippen molar-refractivity contribution in [2.24, 2.45) is 0 Å². The number of aromatic nitrogens is 4. The predicted molar refractivity (Wildman–Crippen MR) is 92.1 cm³/mol. The molecule has 0 fully saturated rings. The van der Waals surface area contributed by atoms with Crippen LogP contribution in [0.15, 0.2) is 24.5 Å². The number of nitrogens with zero attached hydrogens (tertiary/aromatic N) is 4. The number of fused-ring (bicyclic) bond motifs is 3. The van der Waals surface area contributed by atoms with Gasteiger partial charge in [0.1, 0.15) is 12.1 Å². The zero-order chi connectivity index (χ0) is 16.7. The summed E-state index contributed by atoms with van der Waals surface area (Å²) in [7, 11) is 0. The molecule has 3 aromatic rings. The van der Waals surface area contributed by atoms with Gasteiger partial charge in [0.05, 0.1) is 18.9 Å². The minimum Gasteiger partial charge on any atom is -0.492 e. The first-order valence-corrected chi connectivity index (χ1v) is 8.75. The summed E-state index contributed by atoms with van der Waals surface area (Å²) < 4.78 is 7.88. The molecule has 1 aliphatic rings. The van der Waals surface area contributed by atoms with Crippen molar-refractivity contribution in [3.05, 3.63) is 35.0 Å². The minimum absolute atomic E-state index is 0.00328. The normalized spacial score (nSPS) is 13.3. The van der Waals surface area contributed by atoms with E-state index < -0.39 is 0 Å². The second kappa shape index (κ2) is 5.99. The zero-order valence-corrected chi connectivity index (χ0v) is 14.4. The van der Waals surface area contributed by atoms with Crippen LogP contribution in [-0.2, 0) is 13.0 Å². The topological polar surface area (TPSA) is 73.1 Å². The molecule has 0 saturated carbocycles. The van der Waals surface area contributed by atoms with E-state index in [0.29, 0.717) is 6.61 Å². The van der Waals surface area contributed by atoms with Crippen molar-refractivity contribution >= 4 is 11.3 Å². The maximum absolute atomic E-state index is 9.33. The summed E-state index contributed by atoms with van der Waals surface area (Å²) in [5.41, 5.74) is 2.76. The van der Waals surface area contributed by atoms with Gasteiger partial charge in [0.2, 0.25) is 0 Å². The summed E-state index contributed by atoms with van der Waals surface area (Å²) in [5.74, 6) is 1.58. The Bertz CT molecular complexity index is 885. The lowest BCUT2D eigenvalue weighted by Crippen LogP contribution is -2.01. The molecule has 7 heteroatoms. The highest BCUT2D eigenvalue weighted by molar-refractivity contribution is 7.15. The summed E-state index contributed by atoms with van der Waals surface area (Å²) in [4.78, 5) is 6.04. The summed E-state index contributed by atoms with van der Waals surface area (Å²) in [6, 6.07) is 6.05. The average molecular weight is 342 g/mol. The van der Waals surface area contributed by atoms with Crippen molar-refractivity contribution in [3.63, 3.8) is 0 Å². The van der Waals surface area contributed by atoms with Crippen LogP contribution in [0.25, 0.3) is 22.1 Å². The van der Waals surface area contributed by atoms with Crippen LogP contribution in [0.3, 0.4) is 0 Å². The van der Waals surface area contributed by atoms with Gasteiger partial charge in [-0.1, -0.05) is 6.07 Å². The fourth-order valence-corrected chi connectivity index (χ4v) is 3.88. The van der Waals surface area contributed by atoms with E-state index in [2.05, 4.69) is 24.0 Å². The molecule has 0 aliphatic carbocycles. The zero-order valence-electron chi connectivity index (χ0n) is 13.6. The third-order valence-corrected chi connectivity index (χ3v) is 5.20. The molecule has 0 radical (unpaired) electrons. The Hall–Kier alpha value is -2.25. The van der Waals surface area contributed by atoms with E-state index in [1.165, 1.54) is 4.88 Å². The molecule has 1 aliphatic heterocycles. The molecule has 0 spiro atoms. The smallest absolute Gasteiger partial charge is 0.193 e. The van der Waals surface area contributed by atoms with E-state index in [4.69, 9.17) is 9.72 Å². The van der Waals surface area contributed by atoms with E-state index in [1.807, 2.05) is 22.8 Å². The Balaban J connectivity index is 1.83. The van der Waals surface area contributed by atoms with Gasteiger partial charge in [-0.25, -0.2) is 4.98 Å². The molecular formula is C17H18N4O2S. The molecule has 0 atom stereocenters. The summed E-state index contributed by atoms with van der Waals surface area (Å²) >= 11 is 1.65. The van der Waals surface area contributed by atoms with Gasteiger partial charge in [0.25, 0.3) is 0 Å². The number of hydrogen-bond acceptors (Lipinski definition) is 6. The fourth-order valence-electron chi connectivity index (χ4n) is 2.83. The van der Waals surface area contributed by atoms with E-state index in [9.17, 15) is 5.11 Å². The number of aliphatic hydroxyl groups is 1. The maximum Gasteiger partial charge on any atom is 0.193 e. The maximum atomic E-state index is 9.33. The van der Waals surface area contributed by atoms with Crippen LogP contribution in [0.1, 0.15) is 30.3 Å². The van der Waals surface area contributed by atoms with Gasteiger partial charge < -0.3 is 14.4 Å². The lowest BCUT2D eigenvalue weighted by atomic mass is 10.1. The Kier molecular flexibility index (Phi) is 3.82. The second-order valence-corrected chi connectivity index (χ2v) is 7.12. The molecule has 0 amide bonds. The Morgan fingerprint density at radius 3 is 3.04 bits per heavy atom. The SMILES string of the molecule is CC(C)n1cnnc1-c1nc2c(s1)CCOc1cc(CO)ccc1-2. The number of aliphatic hydroxyl groups excluding tert-OH is 1. The van der Waals surface area contributed by atoms with Gasteiger partial charge in [0.15, 0.2) is 10.8 Å². The Morgan fingerprint density at radius 1 is 1.38 bits per heavy atom. The molecule has 124 valence electrons. The fraction of sp³-hybridized carbons (Fsp3) is 0.353. The van der Waals surface area contributed by atoms with Crippen LogP contribution < -0.4 is 4.74 Å². The first kappa shape index (κ1) is 15.3. The van der Waals surface area contributed by atoms with Crippen molar-refractivity contribution in [1.82, 2.24) is 19.7 Å². The van der Waals surface area contributed by atoms with Crippen molar-refractivity contribution in [3.8, 4) is 27.8 Å². The first-order chi connectivity index (χ1) is 11.7. The third kappa shape index (κ3) is 2.50. The van der Waals surface area contributed by atoms with Gasteiger partial charge in [-0.3, -0.25) is 0 Å². The number of benzene rings is 1. The quantitative estimate of drug-likeness (QED) is 0.792. The van der Waals surface area contributed by atoms with Crippen molar-refractivity contribution in [2.45, 2.75) is 32.9 Å². The van der Waals surface area contributed by atoms with Crippen LogP contribution in [0.2, 0.25) is 0 Å². The highest BCUT2D eigenvalue weighted by Gasteiger charge is 2.23. The standard InChI is InChI=1S/C17H18N4O2S/c1-10(2)21-9-18-20-16(21)17-19-15-12-4-3-11(8-22)7-13(12)23-6-5-14(15)24-17/h3-4,7,9-10,22H,5-6,8H2,1-2H3. The molecule has 24 heavy (non-hydrogen) atoms. The van der Waals surface area contributed by atoms with Gasteiger partial charge in [-0.2, -0.15) is 0 Å². The first-order valence-electron chi connectivity index (χ1n) is 7.94. The van der Waals surface area contributed by atoms with Crippen LogP contribution >= 0.6 is 11.3 Å². The number of thiazole rings is 1. The molecule has 6 nitrogen and oxygen atoms in total. The highest BCUT2D eigenvalue weighted by Crippen LogP contribution is 2.40. The number of hydrogen-bond donors (Lipinski definition) is 1. The minimum atomic E-state index is 0.00328. The number of rotatable bonds is 3.